The van der Waals surface area contributed by atoms with Crippen LogP contribution in [0.4, 0.5) is 0 Å². The summed E-state index contributed by atoms with van der Waals surface area (Å²) in [5, 5.41) is 12.2. The Morgan fingerprint density at radius 3 is 1.97 bits per heavy atom. The fraction of sp³-hybridized carbons (Fsp3) is 0.200. The molecule has 0 aliphatic carbocycles. The molecule has 0 unspecified atom stereocenters. The summed E-state index contributed by atoms with van der Waals surface area (Å²) in [6.07, 6.45) is 1.86. The Hall–Kier alpha value is -7.04. The van der Waals surface area contributed by atoms with Gasteiger partial charge in [0.15, 0.2) is 0 Å². The maximum atomic E-state index is 12.2. The van der Waals surface area contributed by atoms with Gasteiger partial charge in [0.05, 0.1) is 28.0 Å². The van der Waals surface area contributed by atoms with Crippen LogP contribution in [0.5, 0.6) is 5.75 Å². The quantitative estimate of drug-likeness (QED) is 0.149. The van der Waals surface area contributed by atoms with E-state index >= 15 is 0 Å². The Labute approximate surface area is 384 Å². The van der Waals surface area contributed by atoms with E-state index in [1.807, 2.05) is 98.3 Å². The highest BCUT2D eigenvalue weighted by atomic mass is 16.3. The Bertz CT molecular complexity index is 3340. The molecule has 0 aliphatic rings. The Morgan fingerprint density at radius 1 is 0.547 bits per heavy atom. The van der Waals surface area contributed by atoms with Crippen molar-refractivity contribution in [2.45, 2.75) is 80.0 Å². The Kier molecular flexibility index (Phi) is 10.1. The van der Waals surface area contributed by atoms with Crippen molar-refractivity contribution in [2.75, 3.05) is 0 Å². The molecule has 0 saturated heterocycles. The van der Waals surface area contributed by atoms with Crippen molar-refractivity contribution in [2.24, 2.45) is 0 Å². The normalized spacial score (nSPS) is 13.0. The molecule has 0 radical (unpaired) electrons. The molecule has 64 heavy (non-hydrogen) atoms. The fourth-order valence-electron chi connectivity index (χ4n) is 8.77. The van der Waals surface area contributed by atoms with Crippen molar-refractivity contribution in [3.8, 4) is 78.6 Å². The lowest BCUT2D eigenvalue weighted by molar-refractivity contribution is 0.466. The second-order valence-corrected chi connectivity index (χ2v) is 18.0. The first-order chi connectivity index (χ1) is 32.3. The number of benzene rings is 7. The number of nitrogens with zero attached hydrogens (tertiary/aromatic N) is 3. The predicted octanol–water partition coefficient (Wildman–Crippen LogP) is 16.4. The first-order valence-corrected chi connectivity index (χ1v) is 22.2. The molecule has 9 rings (SSSR count). The molecule has 0 fully saturated rings. The van der Waals surface area contributed by atoms with Gasteiger partial charge in [-0.25, -0.2) is 4.98 Å². The molecule has 9 aromatic rings. The molecule has 0 bridgehead atoms. The van der Waals surface area contributed by atoms with Gasteiger partial charge >= 0.3 is 0 Å². The molecule has 1 N–H and O–H groups in total. The molecule has 2 aromatic heterocycles. The highest BCUT2D eigenvalue weighted by molar-refractivity contribution is 5.98. The Morgan fingerprint density at radius 2 is 1.23 bits per heavy atom. The van der Waals surface area contributed by atoms with Crippen molar-refractivity contribution in [3.05, 3.63) is 191 Å². The standard InChI is InChI=1S/C60H57N3O/c1-36(2)46-29-47(37(3)4)31-49(30-46)44-22-23-56(41(9)28-44)63-57-17-13-16-52(58(57)62-60(63)54-27-40(8)26-53(38(5)6)59(54)64)50-32-48(42-14-11-10-12-15-42)33-51(34-50)55-35-45(24-25-61-55)43-20-18-39(7)19-21-43/h10-38,64H,1-9H3/i9D3,36D. The van der Waals surface area contributed by atoms with Crippen LogP contribution in [0.3, 0.4) is 0 Å². The average molecular weight is 840 g/mol. The smallest absolute Gasteiger partial charge is 0.149 e. The van der Waals surface area contributed by atoms with E-state index in [0.717, 1.165) is 78.0 Å². The number of hydrogen-bond acceptors (Lipinski definition) is 3. The van der Waals surface area contributed by atoms with Gasteiger partial charge < -0.3 is 5.11 Å². The van der Waals surface area contributed by atoms with Crippen molar-refractivity contribution in [3.63, 3.8) is 0 Å². The predicted molar refractivity (Wildman–Crippen MR) is 270 cm³/mol. The lowest BCUT2D eigenvalue weighted by Gasteiger charge is -2.18. The van der Waals surface area contributed by atoms with Gasteiger partial charge in [-0.2, -0.15) is 0 Å². The number of aromatic hydroxyl groups is 1. The molecule has 0 spiro atoms. The monoisotopic (exact) mass is 839 g/mol. The molecular formula is C60H57N3O. The minimum atomic E-state index is -2.54. The first-order valence-electron chi connectivity index (χ1n) is 24.2. The van der Waals surface area contributed by atoms with Crippen molar-refractivity contribution < 1.29 is 10.6 Å². The summed E-state index contributed by atoms with van der Waals surface area (Å²) in [5.74, 6) is -0.103. The van der Waals surface area contributed by atoms with Gasteiger partial charge in [-0.15, -0.1) is 0 Å². The topological polar surface area (TPSA) is 50.9 Å². The molecule has 4 heteroatoms. The largest absolute Gasteiger partial charge is 0.507 e. The second-order valence-electron chi connectivity index (χ2n) is 18.0. The van der Waals surface area contributed by atoms with Gasteiger partial charge in [-0.1, -0.05) is 144 Å². The van der Waals surface area contributed by atoms with E-state index in [1.165, 1.54) is 5.56 Å². The highest BCUT2D eigenvalue weighted by Crippen LogP contribution is 2.43. The zero-order chi connectivity index (χ0) is 48.2. The molecule has 2 heterocycles. The lowest BCUT2D eigenvalue weighted by Crippen LogP contribution is -2.02. The van der Waals surface area contributed by atoms with Crippen LogP contribution in [-0.4, -0.2) is 19.6 Å². The number of imidazole rings is 1. The maximum Gasteiger partial charge on any atom is 0.149 e. The summed E-state index contributed by atoms with van der Waals surface area (Å²) < 4.78 is 38.0. The minimum absolute atomic E-state index is 0.0108. The SMILES string of the molecule is [2H]C([2H])([2H])c1cc(-c2cc(C(C)C)cc(C([2H])(C)C)c2)ccc1-n1c(-c2cc(C)cc(C(C)C)c2O)nc2c(-c3cc(-c4ccccc4)cc(-c4cc(-c5ccc(C)cc5)ccn4)c3)cccc21. The number of phenols is 1. The van der Waals surface area contributed by atoms with Crippen LogP contribution in [0.2, 0.25) is 0 Å². The number of rotatable bonds is 10. The van der Waals surface area contributed by atoms with Crippen LogP contribution in [0.15, 0.2) is 158 Å². The summed E-state index contributed by atoms with van der Waals surface area (Å²) in [6, 6.07) is 51.3. The number of para-hydroxylation sites is 1. The lowest BCUT2D eigenvalue weighted by atomic mass is 9.90. The summed E-state index contributed by atoms with van der Waals surface area (Å²) >= 11 is 0. The molecule has 318 valence electrons. The van der Waals surface area contributed by atoms with Gasteiger partial charge in [-0.3, -0.25) is 9.55 Å². The molecule has 4 nitrogen and oxygen atoms in total. The number of pyridine rings is 1. The van der Waals surface area contributed by atoms with Gasteiger partial charge in [0, 0.05) is 22.8 Å². The maximum absolute atomic E-state index is 12.2. The number of aryl methyl sites for hydroxylation is 3. The summed E-state index contributed by atoms with van der Waals surface area (Å²) in [5.41, 5.74) is 16.6. The fourth-order valence-corrected chi connectivity index (χ4v) is 8.77. The number of hydrogen-bond donors (Lipinski definition) is 1. The Balaban J connectivity index is 1.31. The van der Waals surface area contributed by atoms with E-state index in [4.69, 9.17) is 15.5 Å². The summed E-state index contributed by atoms with van der Waals surface area (Å²) in [7, 11) is 0. The number of phenolic OH excluding ortho intramolecular Hbond substituents is 1. The molecule has 7 aromatic carbocycles. The van der Waals surface area contributed by atoms with Crippen LogP contribution in [0.1, 0.15) is 98.1 Å². The molecule has 0 saturated carbocycles. The third kappa shape index (κ3) is 8.17. The van der Waals surface area contributed by atoms with E-state index in [1.54, 1.807) is 6.07 Å². The van der Waals surface area contributed by atoms with Crippen LogP contribution in [0, 0.1) is 20.7 Å². The van der Waals surface area contributed by atoms with Crippen molar-refractivity contribution in [1.29, 1.82) is 0 Å². The summed E-state index contributed by atoms with van der Waals surface area (Å²) in [4.78, 5) is 10.4. The van der Waals surface area contributed by atoms with E-state index in [9.17, 15) is 5.11 Å². The molecular weight excluding hydrogens is 779 g/mol. The zero-order valence-electron chi connectivity index (χ0n) is 42.0. The summed E-state index contributed by atoms with van der Waals surface area (Å²) in [6.45, 7) is 13.7. The van der Waals surface area contributed by atoms with E-state index in [-0.39, 0.29) is 23.1 Å². The van der Waals surface area contributed by atoms with E-state index in [0.29, 0.717) is 28.1 Å². The van der Waals surface area contributed by atoms with Gasteiger partial charge in [0.1, 0.15) is 11.6 Å². The van der Waals surface area contributed by atoms with Gasteiger partial charge in [0.25, 0.3) is 0 Å². The van der Waals surface area contributed by atoms with Crippen LogP contribution in [-0.2, 0) is 0 Å². The van der Waals surface area contributed by atoms with Crippen LogP contribution >= 0.6 is 0 Å². The average Bonchev–Trinajstić information content (AvgIpc) is 3.71. The molecule has 0 amide bonds. The zero-order valence-corrected chi connectivity index (χ0v) is 38.0. The number of aromatic nitrogens is 3. The minimum Gasteiger partial charge on any atom is -0.507 e. The van der Waals surface area contributed by atoms with Crippen molar-refractivity contribution in [1.82, 2.24) is 14.5 Å². The third-order valence-electron chi connectivity index (χ3n) is 12.4. The number of fused-ring (bicyclic) bond motifs is 1. The second kappa shape index (κ2) is 17.3. The molecule has 0 aliphatic heterocycles. The van der Waals surface area contributed by atoms with Gasteiger partial charge in [-0.05, 0) is 160 Å². The third-order valence-corrected chi connectivity index (χ3v) is 12.4. The first kappa shape index (κ1) is 37.5. The van der Waals surface area contributed by atoms with Crippen molar-refractivity contribution >= 4 is 11.0 Å². The van der Waals surface area contributed by atoms with Crippen LogP contribution < -0.4 is 0 Å². The molecule has 0 atom stereocenters. The van der Waals surface area contributed by atoms with E-state index in [2.05, 4.69) is 113 Å². The van der Waals surface area contributed by atoms with Gasteiger partial charge in [0.2, 0.25) is 0 Å². The highest BCUT2D eigenvalue weighted by Gasteiger charge is 2.24. The van der Waals surface area contributed by atoms with E-state index < -0.39 is 12.7 Å². The van der Waals surface area contributed by atoms with Crippen LogP contribution in [0.25, 0.3) is 83.9 Å².